The van der Waals surface area contributed by atoms with Crippen LogP contribution in [0.2, 0.25) is 0 Å². The van der Waals surface area contributed by atoms with Gasteiger partial charge >= 0.3 is 0 Å². The Morgan fingerprint density at radius 1 is 1.00 bits per heavy atom. The maximum atomic E-state index is 12.0. The van der Waals surface area contributed by atoms with Crippen LogP contribution in [0.15, 0.2) is 48.5 Å². The zero-order valence-corrected chi connectivity index (χ0v) is 17.0. The number of ether oxygens (including phenoxy) is 1. The molecule has 0 bridgehead atoms. The highest BCUT2D eigenvalue weighted by atomic mass is 16.5. The summed E-state index contributed by atoms with van der Waals surface area (Å²) < 4.78 is 5.52. The fraction of sp³-hybridized carbons (Fsp3) is 0.435. The lowest BCUT2D eigenvalue weighted by Crippen LogP contribution is -2.32. The molecule has 0 saturated heterocycles. The summed E-state index contributed by atoms with van der Waals surface area (Å²) in [7, 11) is 0. The van der Waals surface area contributed by atoms with Gasteiger partial charge in [-0.15, -0.1) is 0 Å². The van der Waals surface area contributed by atoms with Gasteiger partial charge in [-0.25, -0.2) is 0 Å². The molecule has 0 aromatic heterocycles. The smallest absolute Gasteiger partial charge is 0.258 e. The lowest BCUT2D eigenvalue weighted by Gasteiger charge is -2.19. The molecule has 1 unspecified atom stereocenters. The number of hydrogen-bond donors (Lipinski definition) is 2. The monoisotopic (exact) mass is 369 g/mol. The quantitative estimate of drug-likeness (QED) is 0.763. The van der Waals surface area contributed by atoms with Gasteiger partial charge in [0.15, 0.2) is 6.61 Å². The third-order valence-corrected chi connectivity index (χ3v) is 4.57. The highest BCUT2D eigenvalue weighted by Gasteiger charge is 2.14. The molecule has 27 heavy (non-hydrogen) atoms. The fourth-order valence-electron chi connectivity index (χ4n) is 2.68. The van der Waals surface area contributed by atoms with Crippen molar-refractivity contribution in [1.29, 1.82) is 0 Å². The molecule has 1 amide bonds. The van der Waals surface area contributed by atoms with Crippen molar-refractivity contribution in [2.24, 2.45) is 0 Å². The van der Waals surface area contributed by atoms with Crippen molar-refractivity contribution in [1.82, 2.24) is 5.32 Å². The molecule has 0 saturated carbocycles. The third kappa shape index (κ3) is 6.40. The molecular weight excluding hydrogens is 338 g/mol. The maximum Gasteiger partial charge on any atom is 0.258 e. The van der Waals surface area contributed by atoms with Crippen LogP contribution in [0.4, 0.5) is 0 Å². The van der Waals surface area contributed by atoms with Gasteiger partial charge in [-0.05, 0) is 40.2 Å². The average molecular weight is 370 g/mol. The number of carbonyl (C=O) groups is 1. The molecule has 2 N–H and O–H groups in total. The minimum absolute atomic E-state index is 0.0755. The van der Waals surface area contributed by atoms with Crippen LogP contribution in [0.3, 0.4) is 0 Å². The van der Waals surface area contributed by atoms with Crippen LogP contribution in [-0.4, -0.2) is 24.2 Å². The van der Waals surface area contributed by atoms with E-state index in [1.54, 1.807) is 0 Å². The number of aliphatic hydroxyl groups is 1. The minimum atomic E-state index is -0.735. The van der Waals surface area contributed by atoms with Crippen LogP contribution in [0.5, 0.6) is 5.75 Å². The Hall–Kier alpha value is -2.33. The average Bonchev–Trinajstić information content (AvgIpc) is 2.64. The first-order valence-electron chi connectivity index (χ1n) is 9.45. The number of benzene rings is 2. The van der Waals surface area contributed by atoms with E-state index in [2.05, 4.69) is 39.9 Å². The van der Waals surface area contributed by atoms with Crippen LogP contribution < -0.4 is 10.1 Å². The van der Waals surface area contributed by atoms with Gasteiger partial charge in [0.05, 0.1) is 6.10 Å². The number of aliphatic hydroxyl groups excluding tert-OH is 1. The molecule has 0 radical (unpaired) electrons. The second-order valence-corrected chi connectivity index (χ2v) is 8.20. The van der Waals surface area contributed by atoms with E-state index < -0.39 is 6.10 Å². The molecule has 2 aromatic rings. The van der Waals surface area contributed by atoms with Gasteiger partial charge in [-0.1, -0.05) is 71.0 Å². The normalized spacial score (nSPS) is 12.7. The van der Waals surface area contributed by atoms with Gasteiger partial charge in [0.25, 0.3) is 5.91 Å². The second kappa shape index (κ2) is 9.05. The SMILES string of the molecule is CC(C)c1ccc(C(O)CNC(=O)COc2ccc(C(C)(C)C)cc2)cc1. The molecule has 0 spiro atoms. The number of carbonyl (C=O) groups excluding carboxylic acids is 1. The molecule has 4 heteroatoms. The molecule has 0 aliphatic rings. The summed E-state index contributed by atoms with van der Waals surface area (Å²) in [5, 5.41) is 12.9. The van der Waals surface area contributed by atoms with Gasteiger partial charge in [0, 0.05) is 6.54 Å². The zero-order valence-electron chi connectivity index (χ0n) is 17.0. The van der Waals surface area contributed by atoms with Crippen molar-refractivity contribution in [3.05, 3.63) is 65.2 Å². The summed E-state index contributed by atoms with van der Waals surface area (Å²) in [6.07, 6.45) is -0.735. The molecule has 146 valence electrons. The van der Waals surface area contributed by atoms with Crippen molar-refractivity contribution >= 4 is 5.91 Å². The number of amides is 1. The van der Waals surface area contributed by atoms with Crippen LogP contribution in [0, 0.1) is 0 Å². The summed E-state index contributed by atoms with van der Waals surface area (Å²) in [5.41, 5.74) is 3.31. The van der Waals surface area contributed by atoms with Gasteiger partial charge < -0.3 is 15.2 Å². The molecule has 0 aliphatic heterocycles. The Morgan fingerprint density at radius 3 is 2.07 bits per heavy atom. The van der Waals surface area contributed by atoms with E-state index in [0.29, 0.717) is 11.7 Å². The third-order valence-electron chi connectivity index (χ3n) is 4.57. The Balaban J connectivity index is 1.78. The van der Waals surface area contributed by atoms with Crippen molar-refractivity contribution in [2.75, 3.05) is 13.2 Å². The van der Waals surface area contributed by atoms with Gasteiger partial charge in [0.2, 0.25) is 0 Å². The molecule has 0 fully saturated rings. The highest BCUT2D eigenvalue weighted by molar-refractivity contribution is 5.77. The van der Waals surface area contributed by atoms with E-state index >= 15 is 0 Å². The van der Waals surface area contributed by atoms with Gasteiger partial charge in [0.1, 0.15) is 5.75 Å². The molecule has 4 nitrogen and oxygen atoms in total. The predicted octanol–water partition coefficient (Wildman–Crippen LogP) is 4.34. The molecule has 0 heterocycles. The van der Waals surface area contributed by atoms with Crippen LogP contribution in [0.25, 0.3) is 0 Å². The Kier molecular flexibility index (Phi) is 7.03. The van der Waals surface area contributed by atoms with E-state index in [9.17, 15) is 9.90 Å². The topological polar surface area (TPSA) is 58.6 Å². The first-order valence-corrected chi connectivity index (χ1v) is 9.45. The number of hydrogen-bond acceptors (Lipinski definition) is 3. The first-order chi connectivity index (χ1) is 12.7. The summed E-state index contributed by atoms with van der Waals surface area (Å²) in [4.78, 5) is 12.0. The second-order valence-electron chi connectivity index (χ2n) is 8.20. The van der Waals surface area contributed by atoms with Crippen molar-refractivity contribution in [3.63, 3.8) is 0 Å². The summed E-state index contributed by atoms with van der Waals surface area (Å²) >= 11 is 0. The van der Waals surface area contributed by atoms with E-state index in [4.69, 9.17) is 4.74 Å². The first kappa shape index (κ1) is 21.0. The number of nitrogens with one attached hydrogen (secondary N) is 1. The summed E-state index contributed by atoms with van der Waals surface area (Å²) in [5.74, 6) is 0.848. The zero-order chi connectivity index (χ0) is 20.0. The molecule has 2 rings (SSSR count). The van der Waals surface area contributed by atoms with Crippen molar-refractivity contribution < 1.29 is 14.6 Å². The predicted molar refractivity (Wildman–Crippen MR) is 109 cm³/mol. The van der Waals surface area contributed by atoms with Gasteiger partial charge in [-0.2, -0.15) is 0 Å². The Bertz CT molecular complexity index is 728. The van der Waals surface area contributed by atoms with Crippen molar-refractivity contribution in [3.8, 4) is 5.75 Å². The lowest BCUT2D eigenvalue weighted by molar-refractivity contribution is -0.123. The molecular formula is C23H31NO3. The van der Waals surface area contributed by atoms with Crippen LogP contribution in [0.1, 0.15) is 63.3 Å². The van der Waals surface area contributed by atoms with E-state index in [-0.39, 0.29) is 24.5 Å². The van der Waals surface area contributed by atoms with E-state index in [0.717, 1.165) is 5.56 Å². The minimum Gasteiger partial charge on any atom is -0.484 e. The maximum absolute atomic E-state index is 12.0. The number of rotatable bonds is 7. The van der Waals surface area contributed by atoms with E-state index in [1.165, 1.54) is 11.1 Å². The standard InChI is InChI=1S/C23H31NO3/c1-16(2)17-6-8-18(9-7-17)21(25)14-24-22(26)15-27-20-12-10-19(11-13-20)23(3,4)5/h6-13,16,21,25H,14-15H2,1-5H3,(H,24,26). The largest absolute Gasteiger partial charge is 0.484 e. The highest BCUT2D eigenvalue weighted by Crippen LogP contribution is 2.24. The van der Waals surface area contributed by atoms with Crippen molar-refractivity contribution in [2.45, 2.75) is 52.1 Å². The molecule has 1 atom stereocenters. The van der Waals surface area contributed by atoms with Crippen LogP contribution in [-0.2, 0) is 10.2 Å². The lowest BCUT2D eigenvalue weighted by atomic mass is 9.87. The fourth-order valence-corrected chi connectivity index (χ4v) is 2.68. The summed E-state index contributed by atoms with van der Waals surface area (Å²) in [6, 6.07) is 15.6. The van der Waals surface area contributed by atoms with Gasteiger partial charge in [-0.3, -0.25) is 4.79 Å². The Morgan fingerprint density at radius 2 is 1.56 bits per heavy atom. The molecule has 0 aliphatic carbocycles. The van der Waals surface area contributed by atoms with E-state index in [1.807, 2.05) is 48.5 Å². The summed E-state index contributed by atoms with van der Waals surface area (Å²) in [6.45, 7) is 10.8. The Labute approximate surface area is 162 Å². The molecule has 2 aromatic carbocycles. The van der Waals surface area contributed by atoms with Crippen LogP contribution >= 0.6 is 0 Å².